The number of hydrogen-bond donors (Lipinski definition) is 1. The highest BCUT2D eigenvalue weighted by Gasteiger charge is 2.34. The molecular weight excluding hydrogens is 411 g/mol. The van der Waals surface area contributed by atoms with Gasteiger partial charge in [0.15, 0.2) is 0 Å². The SMILES string of the molecule is FC(F)(F)c1cc(Br)ccc1-c1[nH]c2ccccc2c1Br. The number of para-hydroxylation sites is 1. The normalized spacial score (nSPS) is 12.0. The second-order valence-electron chi connectivity index (χ2n) is 4.55. The van der Waals surface area contributed by atoms with E-state index < -0.39 is 11.7 Å². The summed E-state index contributed by atoms with van der Waals surface area (Å²) in [5, 5.41) is 0.851. The van der Waals surface area contributed by atoms with E-state index in [1.807, 2.05) is 24.3 Å². The van der Waals surface area contributed by atoms with E-state index in [2.05, 4.69) is 36.8 Å². The van der Waals surface area contributed by atoms with E-state index in [9.17, 15) is 13.2 Å². The lowest BCUT2D eigenvalue weighted by atomic mass is 10.0. The average Bonchev–Trinajstić information content (AvgIpc) is 2.76. The van der Waals surface area contributed by atoms with Gasteiger partial charge in [-0.05, 0) is 34.1 Å². The molecule has 0 aliphatic carbocycles. The van der Waals surface area contributed by atoms with Crippen LogP contribution >= 0.6 is 31.9 Å². The summed E-state index contributed by atoms with van der Waals surface area (Å²) < 4.78 is 40.8. The van der Waals surface area contributed by atoms with Gasteiger partial charge in [0.2, 0.25) is 0 Å². The Kier molecular flexibility index (Phi) is 3.61. The monoisotopic (exact) mass is 417 g/mol. The summed E-state index contributed by atoms with van der Waals surface area (Å²) in [7, 11) is 0. The Morgan fingerprint density at radius 2 is 1.67 bits per heavy atom. The van der Waals surface area contributed by atoms with Crippen molar-refractivity contribution in [3.63, 3.8) is 0 Å². The second kappa shape index (κ2) is 5.18. The molecule has 108 valence electrons. The molecule has 0 saturated heterocycles. The van der Waals surface area contributed by atoms with Crippen molar-refractivity contribution in [2.45, 2.75) is 6.18 Å². The number of hydrogen-bond acceptors (Lipinski definition) is 0. The molecule has 0 aliphatic heterocycles. The predicted octanol–water partition coefficient (Wildman–Crippen LogP) is 6.38. The van der Waals surface area contributed by atoms with Crippen LogP contribution in [-0.2, 0) is 6.18 Å². The topological polar surface area (TPSA) is 15.8 Å². The molecule has 0 amide bonds. The number of aromatic amines is 1. The van der Waals surface area contributed by atoms with Crippen LogP contribution in [0.3, 0.4) is 0 Å². The van der Waals surface area contributed by atoms with Crippen LogP contribution in [-0.4, -0.2) is 4.98 Å². The van der Waals surface area contributed by atoms with Crippen LogP contribution in [0.4, 0.5) is 13.2 Å². The summed E-state index contributed by atoms with van der Waals surface area (Å²) in [5.74, 6) is 0. The van der Waals surface area contributed by atoms with Gasteiger partial charge < -0.3 is 4.98 Å². The molecule has 0 unspecified atom stereocenters. The maximum atomic E-state index is 13.3. The molecule has 1 aromatic heterocycles. The molecule has 3 rings (SSSR count). The van der Waals surface area contributed by atoms with Gasteiger partial charge in [0.1, 0.15) is 0 Å². The minimum absolute atomic E-state index is 0.119. The number of benzene rings is 2. The van der Waals surface area contributed by atoms with Crippen molar-refractivity contribution in [2.75, 3.05) is 0 Å². The van der Waals surface area contributed by atoms with E-state index in [1.54, 1.807) is 6.07 Å². The van der Waals surface area contributed by atoms with Crippen LogP contribution in [0.1, 0.15) is 5.56 Å². The van der Waals surface area contributed by atoms with Gasteiger partial charge in [-0.15, -0.1) is 0 Å². The van der Waals surface area contributed by atoms with Crippen molar-refractivity contribution in [3.05, 3.63) is 57.0 Å². The van der Waals surface area contributed by atoms with E-state index in [-0.39, 0.29) is 5.56 Å². The Balaban J connectivity index is 2.31. The van der Waals surface area contributed by atoms with Gasteiger partial charge in [-0.3, -0.25) is 0 Å². The van der Waals surface area contributed by atoms with Crippen molar-refractivity contribution in [2.24, 2.45) is 0 Å². The molecule has 2 aromatic carbocycles. The summed E-state index contributed by atoms with van der Waals surface area (Å²) >= 11 is 6.49. The predicted molar refractivity (Wildman–Crippen MR) is 84.1 cm³/mol. The fourth-order valence-corrected chi connectivity index (χ4v) is 3.28. The number of fused-ring (bicyclic) bond motifs is 1. The molecule has 3 aromatic rings. The molecule has 0 bridgehead atoms. The second-order valence-corrected chi connectivity index (χ2v) is 6.26. The first-order valence-electron chi connectivity index (χ1n) is 6.01. The molecule has 0 aliphatic rings. The molecule has 1 N–H and O–H groups in total. The van der Waals surface area contributed by atoms with Crippen molar-refractivity contribution < 1.29 is 13.2 Å². The first kappa shape index (κ1) is 14.7. The van der Waals surface area contributed by atoms with Crippen LogP contribution in [0, 0.1) is 0 Å². The van der Waals surface area contributed by atoms with Crippen LogP contribution in [0.5, 0.6) is 0 Å². The zero-order valence-corrected chi connectivity index (χ0v) is 13.6. The zero-order valence-electron chi connectivity index (χ0n) is 10.4. The van der Waals surface area contributed by atoms with Crippen molar-refractivity contribution in [3.8, 4) is 11.3 Å². The molecule has 1 nitrogen and oxygen atoms in total. The number of nitrogens with one attached hydrogen (secondary N) is 1. The Morgan fingerprint density at radius 3 is 2.33 bits per heavy atom. The zero-order chi connectivity index (χ0) is 15.2. The van der Waals surface area contributed by atoms with Crippen LogP contribution < -0.4 is 0 Å². The summed E-state index contributed by atoms with van der Waals surface area (Å²) in [6.45, 7) is 0. The number of aromatic nitrogens is 1. The lowest BCUT2D eigenvalue weighted by Gasteiger charge is -2.13. The molecule has 0 radical (unpaired) electrons. The maximum absolute atomic E-state index is 13.3. The number of halogens is 5. The van der Waals surface area contributed by atoms with E-state index in [4.69, 9.17) is 0 Å². The minimum Gasteiger partial charge on any atom is -0.354 e. The Hall–Kier alpha value is -1.27. The number of H-pyrrole nitrogens is 1. The minimum atomic E-state index is -4.42. The average molecular weight is 419 g/mol. The fourth-order valence-electron chi connectivity index (χ4n) is 2.26. The summed E-state index contributed by atoms with van der Waals surface area (Å²) in [6.07, 6.45) is -4.42. The van der Waals surface area contributed by atoms with Gasteiger partial charge in [-0.1, -0.05) is 40.2 Å². The molecular formula is C15H8Br2F3N. The Bertz CT molecular complexity index is 821. The maximum Gasteiger partial charge on any atom is 0.417 e. The van der Waals surface area contributed by atoms with Crippen molar-refractivity contribution >= 4 is 42.8 Å². The van der Waals surface area contributed by atoms with Gasteiger partial charge in [0.05, 0.1) is 15.7 Å². The standard InChI is InChI=1S/C15H8Br2F3N/c16-8-5-6-9(11(7-8)15(18,19)20)14-13(17)10-3-1-2-4-12(10)21-14/h1-7,21H. The van der Waals surface area contributed by atoms with E-state index >= 15 is 0 Å². The summed E-state index contributed by atoms with van der Waals surface area (Å²) in [5.41, 5.74) is 0.657. The molecule has 0 saturated carbocycles. The van der Waals surface area contributed by atoms with Gasteiger partial charge in [-0.25, -0.2) is 0 Å². The van der Waals surface area contributed by atoms with Gasteiger partial charge in [0.25, 0.3) is 0 Å². The van der Waals surface area contributed by atoms with Crippen LogP contribution in [0.25, 0.3) is 22.2 Å². The first-order valence-corrected chi connectivity index (χ1v) is 7.60. The molecule has 0 atom stereocenters. The highest BCUT2D eigenvalue weighted by atomic mass is 79.9. The third-order valence-corrected chi connectivity index (χ3v) is 4.52. The van der Waals surface area contributed by atoms with Crippen LogP contribution in [0.15, 0.2) is 51.4 Å². The largest absolute Gasteiger partial charge is 0.417 e. The quantitative estimate of drug-likeness (QED) is 0.472. The van der Waals surface area contributed by atoms with E-state index in [0.29, 0.717) is 14.6 Å². The molecule has 6 heteroatoms. The summed E-state index contributed by atoms with van der Waals surface area (Å²) in [6, 6.07) is 11.5. The highest BCUT2D eigenvalue weighted by Crippen LogP contribution is 2.42. The Labute approximate surface area is 135 Å². The van der Waals surface area contributed by atoms with Gasteiger partial charge >= 0.3 is 6.18 Å². The molecule has 0 fully saturated rings. The van der Waals surface area contributed by atoms with Crippen molar-refractivity contribution in [1.82, 2.24) is 4.98 Å². The molecule has 0 spiro atoms. The highest BCUT2D eigenvalue weighted by molar-refractivity contribution is 9.11. The van der Waals surface area contributed by atoms with E-state index in [0.717, 1.165) is 17.0 Å². The third kappa shape index (κ3) is 2.62. The van der Waals surface area contributed by atoms with Gasteiger partial charge in [0, 0.05) is 20.9 Å². The third-order valence-electron chi connectivity index (χ3n) is 3.20. The van der Waals surface area contributed by atoms with Crippen molar-refractivity contribution in [1.29, 1.82) is 0 Å². The summed E-state index contributed by atoms with van der Waals surface area (Å²) in [4.78, 5) is 3.05. The van der Waals surface area contributed by atoms with E-state index in [1.165, 1.54) is 6.07 Å². The Morgan fingerprint density at radius 1 is 0.952 bits per heavy atom. The number of rotatable bonds is 1. The molecule has 1 heterocycles. The number of alkyl halides is 3. The molecule has 21 heavy (non-hydrogen) atoms. The fraction of sp³-hybridized carbons (Fsp3) is 0.0667. The van der Waals surface area contributed by atoms with Gasteiger partial charge in [-0.2, -0.15) is 13.2 Å². The lowest BCUT2D eigenvalue weighted by Crippen LogP contribution is -2.07. The lowest BCUT2D eigenvalue weighted by molar-refractivity contribution is -0.137. The smallest absolute Gasteiger partial charge is 0.354 e. The first-order chi connectivity index (χ1) is 9.88. The van der Waals surface area contributed by atoms with Crippen LogP contribution in [0.2, 0.25) is 0 Å².